The Labute approximate surface area is 281 Å². The Hall–Kier alpha value is -6.69. The number of nitrogens with zero attached hydrogens (tertiary/aromatic N) is 1. The molecule has 5 rings (SSSR count). The van der Waals surface area contributed by atoms with Gasteiger partial charge in [0.05, 0.1) is 17.7 Å². The van der Waals surface area contributed by atoms with Gasteiger partial charge in [0.15, 0.2) is 11.6 Å². The monoisotopic (exact) mass is 656 g/mol. The van der Waals surface area contributed by atoms with E-state index < -0.39 is 35.8 Å². The number of hydrogen-bond acceptors (Lipinski definition) is 9. The smallest absolute Gasteiger partial charge is 0.408 e. The van der Waals surface area contributed by atoms with Crippen molar-refractivity contribution in [3.63, 3.8) is 0 Å². The molecule has 0 spiro atoms. The Balaban J connectivity index is 1.20. The minimum Gasteiger partial charge on any atom is -0.445 e. The quantitative estimate of drug-likeness (QED) is 0.0716. The lowest BCUT2D eigenvalue weighted by Gasteiger charge is -2.14. The largest absolute Gasteiger partial charge is 0.445 e. The van der Waals surface area contributed by atoms with Crippen molar-refractivity contribution >= 4 is 36.2 Å². The van der Waals surface area contributed by atoms with Crippen LogP contribution in [0.2, 0.25) is 0 Å². The third-order valence-electron chi connectivity index (χ3n) is 7.41. The molecule has 2 amide bonds. The molecule has 4 aromatic carbocycles. The molecule has 5 N–H and O–H groups in total. The molecule has 0 aliphatic heterocycles. The molecule has 0 aliphatic carbocycles. The van der Waals surface area contributed by atoms with Gasteiger partial charge in [0.2, 0.25) is 0 Å². The second-order valence-corrected chi connectivity index (χ2v) is 10.7. The first-order valence-electron chi connectivity index (χ1n) is 15.1. The summed E-state index contributed by atoms with van der Waals surface area (Å²) in [7, 11) is 0. The Bertz CT molecular complexity index is 1790. The Kier molecular flexibility index (Phi) is 11.2. The summed E-state index contributed by atoms with van der Waals surface area (Å²) in [6, 6.07) is 29.0. The van der Waals surface area contributed by atoms with E-state index in [9.17, 15) is 19.2 Å². The molecule has 12 heteroatoms. The molecule has 0 aliphatic rings. The normalized spacial score (nSPS) is 11.8. The average Bonchev–Trinajstić information content (AvgIpc) is 3.65. The van der Waals surface area contributed by atoms with Gasteiger partial charge in [-0.25, -0.2) is 14.6 Å². The lowest BCUT2D eigenvalue weighted by Crippen LogP contribution is -2.42. The van der Waals surface area contributed by atoms with Crippen molar-refractivity contribution in [3.05, 3.63) is 138 Å². The highest BCUT2D eigenvalue weighted by Gasteiger charge is 2.23. The molecule has 12 nitrogen and oxygen atoms in total. The van der Waals surface area contributed by atoms with Gasteiger partial charge in [-0.1, -0.05) is 109 Å². The summed E-state index contributed by atoms with van der Waals surface area (Å²) in [6.07, 6.45) is 1.58. The van der Waals surface area contributed by atoms with Crippen LogP contribution in [0.1, 0.15) is 31.8 Å². The molecule has 0 unspecified atom stereocenters. The van der Waals surface area contributed by atoms with Crippen LogP contribution in [0.5, 0.6) is 0 Å². The first-order chi connectivity index (χ1) is 23.9. The zero-order valence-corrected chi connectivity index (χ0v) is 26.1. The van der Waals surface area contributed by atoms with Gasteiger partial charge < -0.3 is 35.9 Å². The number of rotatable bonds is 14. The molecule has 0 saturated carbocycles. The van der Waals surface area contributed by atoms with Crippen LogP contribution in [0, 0.1) is 10.8 Å². The van der Waals surface area contributed by atoms with Gasteiger partial charge in [-0.3, -0.25) is 9.59 Å². The minimum absolute atomic E-state index is 0.0266. The van der Waals surface area contributed by atoms with Crippen molar-refractivity contribution < 1.29 is 28.7 Å². The van der Waals surface area contributed by atoms with Crippen LogP contribution < -0.4 is 10.6 Å². The molecule has 1 heterocycles. The highest BCUT2D eigenvalue weighted by atomic mass is 16.6. The SMILES string of the molecule is N=C[C@H](NC(=O)OCc1ccccc1)C(=O)c1ccc(-c2nc[nH]c2-c2ccc(C(=O)[C@H](C=N)NC(=O)OCc3ccccc3)cc2)cc1. The molecule has 0 fully saturated rings. The van der Waals surface area contributed by atoms with E-state index in [1.54, 1.807) is 72.8 Å². The van der Waals surface area contributed by atoms with Crippen molar-refractivity contribution in [2.45, 2.75) is 25.3 Å². The summed E-state index contributed by atoms with van der Waals surface area (Å²) in [5, 5.41) is 20.2. The summed E-state index contributed by atoms with van der Waals surface area (Å²) in [5.74, 6) is -0.964. The molecule has 1 aromatic heterocycles. The van der Waals surface area contributed by atoms with Crippen LogP contribution in [-0.4, -0.2) is 58.2 Å². The van der Waals surface area contributed by atoms with Gasteiger partial charge in [0.1, 0.15) is 25.3 Å². The molecule has 246 valence electrons. The standard InChI is InChI=1S/C37H32N6O6/c38-19-30(42-36(46)48-21-24-7-3-1-4-8-24)34(44)28-15-11-26(12-16-28)32-33(41-23-40-32)27-13-17-29(18-14-27)35(45)31(20-39)43-37(47)49-22-25-9-5-2-6-10-25/h1-20,23,30-31,38-39H,21-22H2,(H,40,41)(H,42,46)(H,43,47)/t30-,31-/m0/s1. The van der Waals surface area contributed by atoms with Crippen LogP contribution >= 0.6 is 0 Å². The van der Waals surface area contributed by atoms with Crippen molar-refractivity contribution in [2.24, 2.45) is 0 Å². The summed E-state index contributed by atoms with van der Waals surface area (Å²) < 4.78 is 10.4. The van der Waals surface area contributed by atoms with Crippen LogP contribution in [0.4, 0.5) is 9.59 Å². The Morgan fingerprint density at radius 3 is 1.49 bits per heavy atom. The number of carbonyl (C=O) groups excluding carboxylic acids is 4. The van der Waals surface area contributed by atoms with E-state index in [2.05, 4.69) is 20.6 Å². The topological polar surface area (TPSA) is 187 Å². The first-order valence-corrected chi connectivity index (χ1v) is 15.1. The number of ketones is 2. The molecular weight excluding hydrogens is 624 g/mol. The zero-order valence-electron chi connectivity index (χ0n) is 26.1. The average molecular weight is 657 g/mol. The molecule has 0 saturated heterocycles. The minimum atomic E-state index is -1.21. The Morgan fingerprint density at radius 2 is 1.06 bits per heavy atom. The van der Waals surface area contributed by atoms with E-state index in [0.29, 0.717) is 22.5 Å². The van der Waals surface area contributed by atoms with Crippen molar-refractivity contribution in [3.8, 4) is 22.5 Å². The number of nitrogens with one attached hydrogen (secondary N) is 5. The van der Waals surface area contributed by atoms with E-state index in [1.165, 1.54) is 6.33 Å². The second-order valence-electron chi connectivity index (χ2n) is 10.7. The fourth-order valence-corrected chi connectivity index (χ4v) is 4.84. The van der Waals surface area contributed by atoms with Gasteiger partial charge in [-0.05, 0) is 11.1 Å². The third kappa shape index (κ3) is 8.77. The first kappa shape index (κ1) is 33.7. The van der Waals surface area contributed by atoms with Crippen LogP contribution in [0.25, 0.3) is 22.5 Å². The summed E-state index contributed by atoms with van der Waals surface area (Å²) in [4.78, 5) is 58.2. The lowest BCUT2D eigenvalue weighted by atomic mass is 9.98. The maximum absolute atomic E-state index is 13.1. The van der Waals surface area contributed by atoms with Crippen molar-refractivity contribution in [2.75, 3.05) is 0 Å². The number of alkyl carbamates (subject to hydrolysis) is 2. The van der Waals surface area contributed by atoms with Crippen molar-refractivity contribution in [1.82, 2.24) is 20.6 Å². The van der Waals surface area contributed by atoms with E-state index in [0.717, 1.165) is 23.6 Å². The number of aromatic amines is 1. The predicted molar refractivity (Wildman–Crippen MR) is 183 cm³/mol. The maximum atomic E-state index is 13.1. The molecular formula is C37H32N6O6. The van der Waals surface area contributed by atoms with Gasteiger partial charge in [-0.2, -0.15) is 0 Å². The number of ether oxygens (including phenoxy) is 2. The molecule has 5 aromatic rings. The highest BCUT2D eigenvalue weighted by molar-refractivity contribution is 6.11. The summed E-state index contributed by atoms with van der Waals surface area (Å²) in [5.41, 5.74) is 4.78. The van der Waals surface area contributed by atoms with Gasteiger partial charge in [0, 0.05) is 34.7 Å². The fraction of sp³-hybridized carbons (Fsp3) is 0.108. The number of imidazole rings is 1. The number of carbonyl (C=O) groups is 4. The maximum Gasteiger partial charge on any atom is 0.408 e. The number of aromatic nitrogens is 2. The van der Waals surface area contributed by atoms with Gasteiger partial charge in [-0.15, -0.1) is 0 Å². The van der Waals surface area contributed by atoms with Gasteiger partial charge in [0.25, 0.3) is 0 Å². The zero-order chi connectivity index (χ0) is 34.6. The number of Topliss-reactive ketones (excluding diaryl/α,β-unsaturated/α-hetero) is 2. The molecule has 49 heavy (non-hydrogen) atoms. The van der Waals surface area contributed by atoms with Crippen LogP contribution in [0.15, 0.2) is 116 Å². The molecule has 2 atom stereocenters. The lowest BCUT2D eigenvalue weighted by molar-refractivity contribution is 0.0947. The van der Waals surface area contributed by atoms with Crippen LogP contribution in [-0.2, 0) is 22.7 Å². The van der Waals surface area contributed by atoms with Gasteiger partial charge >= 0.3 is 12.2 Å². The number of H-pyrrole nitrogens is 1. The third-order valence-corrected chi connectivity index (χ3v) is 7.41. The number of amides is 2. The van der Waals surface area contributed by atoms with E-state index in [-0.39, 0.29) is 24.3 Å². The second kappa shape index (κ2) is 16.2. The number of benzene rings is 4. The highest BCUT2D eigenvalue weighted by Crippen LogP contribution is 2.29. The van der Waals surface area contributed by atoms with Crippen molar-refractivity contribution in [1.29, 1.82) is 10.8 Å². The van der Waals surface area contributed by atoms with E-state index in [1.807, 2.05) is 36.4 Å². The summed E-state index contributed by atoms with van der Waals surface area (Å²) >= 11 is 0. The fourth-order valence-electron chi connectivity index (χ4n) is 4.84. The van der Waals surface area contributed by atoms with Crippen LogP contribution in [0.3, 0.4) is 0 Å². The molecule has 0 bridgehead atoms. The van der Waals surface area contributed by atoms with E-state index >= 15 is 0 Å². The van der Waals surface area contributed by atoms with E-state index in [4.69, 9.17) is 20.3 Å². The predicted octanol–water partition coefficient (Wildman–Crippen LogP) is 6.00. The number of hydrogen-bond donors (Lipinski definition) is 5. The summed E-state index contributed by atoms with van der Waals surface area (Å²) in [6.45, 7) is 0.0538. The Morgan fingerprint density at radius 1 is 0.633 bits per heavy atom. The molecule has 0 radical (unpaired) electrons.